The Bertz CT molecular complexity index is 633. The first-order valence-corrected chi connectivity index (χ1v) is 6.82. The third-order valence-corrected chi connectivity index (χ3v) is 3.99. The zero-order chi connectivity index (χ0) is 14.2. The van der Waals surface area contributed by atoms with E-state index in [0.717, 1.165) is 20.9 Å². The van der Waals surface area contributed by atoms with Gasteiger partial charge in [-0.1, -0.05) is 0 Å². The van der Waals surface area contributed by atoms with E-state index >= 15 is 0 Å². The highest BCUT2D eigenvalue weighted by Crippen LogP contribution is 2.30. The minimum absolute atomic E-state index is 0.343. The van der Waals surface area contributed by atoms with Gasteiger partial charge in [0.05, 0.1) is 32.0 Å². The van der Waals surface area contributed by atoms with Crippen molar-refractivity contribution in [3.8, 4) is 0 Å². The number of benzene rings is 1. The number of fused-ring (bicyclic) bond motifs is 1. The highest BCUT2D eigenvalue weighted by molar-refractivity contribution is 7.18. The number of thiazole rings is 1. The summed E-state index contributed by atoms with van der Waals surface area (Å²) < 4.78 is 1.06. The van der Waals surface area contributed by atoms with Crippen LogP contribution in [-0.2, 0) is 4.79 Å². The topological polar surface area (TPSA) is 94.0 Å². The Labute approximate surface area is 116 Å². The predicted molar refractivity (Wildman–Crippen MR) is 80.2 cm³/mol. The molecule has 1 amide bonds. The van der Waals surface area contributed by atoms with E-state index in [4.69, 9.17) is 11.5 Å². The summed E-state index contributed by atoms with van der Waals surface area (Å²) in [6.45, 7) is 5.99. The normalized spacial score (nSPS) is 11.7. The molecule has 2 aromatic rings. The summed E-state index contributed by atoms with van der Waals surface area (Å²) in [5.74, 6) is -0.343. The molecule has 1 aromatic heterocycles. The standard InChI is InChI=1S/C13H18N4OS/c1-7-17-10-5-9(8(14)4-11(10)19-7)16-6-13(2,3)12(15)18/h4-5,16H,6,14H2,1-3H3,(H2,15,18). The van der Waals surface area contributed by atoms with Gasteiger partial charge in [-0.05, 0) is 32.9 Å². The zero-order valence-electron chi connectivity index (χ0n) is 11.3. The summed E-state index contributed by atoms with van der Waals surface area (Å²) in [6, 6.07) is 3.81. The smallest absolute Gasteiger partial charge is 0.224 e. The van der Waals surface area contributed by atoms with Crippen molar-refractivity contribution in [2.75, 3.05) is 17.6 Å². The number of nitrogen functional groups attached to an aromatic ring is 1. The first-order chi connectivity index (χ1) is 8.79. The highest BCUT2D eigenvalue weighted by atomic mass is 32.1. The molecular formula is C13H18N4OS. The molecule has 0 aliphatic carbocycles. The maximum absolute atomic E-state index is 11.3. The number of carbonyl (C=O) groups is 1. The van der Waals surface area contributed by atoms with Gasteiger partial charge in [-0.3, -0.25) is 4.79 Å². The fraction of sp³-hybridized carbons (Fsp3) is 0.385. The molecule has 6 heteroatoms. The van der Waals surface area contributed by atoms with Crippen LogP contribution in [0, 0.1) is 12.3 Å². The number of rotatable bonds is 4. The molecule has 0 bridgehead atoms. The van der Waals surface area contributed by atoms with Gasteiger partial charge in [-0.2, -0.15) is 0 Å². The van der Waals surface area contributed by atoms with Crippen LogP contribution in [0.3, 0.4) is 0 Å². The number of amides is 1. The molecule has 0 aliphatic rings. The summed E-state index contributed by atoms with van der Waals surface area (Å²) in [5.41, 5.74) is 13.1. The zero-order valence-corrected chi connectivity index (χ0v) is 12.1. The van der Waals surface area contributed by atoms with Gasteiger partial charge in [0, 0.05) is 6.54 Å². The van der Waals surface area contributed by atoms with Crippen molar-refractivity contribution in [3.05, 3.63) is 17.1 Å². The molecule has 5 nitrogen and oxygen atoms in total. The van der Waals surface area contributed by atoms with Gasteiger partial charge in [0.2, 0.25) is 5.91 Å². The third kappa shape index (κ3) is 2.78. The Morgan fingerprint density at radius 1 is 1.47 bits per heavy atom. The van der Waals surface area contributed by atoms with Crippen LogP contribution in [0.15, 0.2) is 12.1 Å². The molecule has 0 spiro atoms. The van der Waals surface area contributed by atoms with E-state index in [9.17, 15) is 4.79 Å². The van der Waals surface area contributed by atoms with Crippen molar-refractivity contribution in [1.29, 1.82) is 0 Å². The summed E-state index contributed by atoms with van der Waals surface area (Å²) >= 11 is 1.61. The van der Waals surface area contributed by atoms with E-state index in [1.165, 1.54) is 0 Å². The number of carbonyl (C=O) groups excluding carboxylic acids is 1. The van der Waals surface area contributed by atoms with Crippen LogP contribution >= 0.6 is 11.3 Å². The van der Waals surface area contributed by atoms with Crippen molar-refractivity contribution in [2.45, 2.75) is 20.8 Å². The molecule has 0 atom stereocenters. The summed E-state index contributed by atoms with van der Waals surface area (Å²) in [4.78, 5) is 15.7. The largest absolute Gasteiger partial charge is 0.397 e. The van der Waals surface area contributed by atoms with E-state index in [-0.39, 0.29) is 5.91 Å². The molecule has 0 saturated heterocycles. The van der Waals surface area contributed by atoms with Crippen LogP contribution in [0.4, 0.5) is 11.4 Å². The van der Waals surface area contributed by atoms with Gasteiger partial charge >= 0.3 is 0 Å². The predicted octanol–water partition coefficient (Wildman–Crippen LogP) is 2.11. The highest BCUT2D eigenvalue weighted by Gasteiger charge is 2.24. The third-order valence-electron chi connectivity index (χ3n) is 3.05. The number of nitrogens with one attached hydrogen (secondary N) is 1. The van der Waals surface area contributed by atoms with E-state index in [1.54, 1.807) is 25.2 Å². The SMILES string of the molecule is Cc1nc2cc(NCC(C)(C)C(N)=O)c(N)cc2s1. The first kappa shape index (κ1) is 13.6. The number of anilines is 2. The van der Waals surface area contributed by atoms with Crippen molar-refractivity contribution >= 4 is 38.8 Å². The van der Waals surface area contributed by atoms with Crippen LogP contribution in [0.1, 0.15) is 18.9 Å². The number of nitrogens with two attached hydrogens (primary N) is 2. The molecule has 0 radical (unpaired) electrons. The second-order valence-electron chi connectivity index (χ2n) is 5.24. The van der Waals surface area contributed by atoms with Gasteiger partial charge in [-0.25, -0.2) is 4.98 Å². The molecule has 1 heterocycles. The molecule has 0 aliphatic heterocycles. The second kappa shape index (κ2) is 4.70. The van der Waals surface area contributed by atoms with Gasteiger partial charge in [0.25, 0.3) is 0 Å². The summed E-state index contributed by atoms with van der Waals surface area (Å²) in [5, 5.41) is 4.18. The average Bonchev–Trinajstić information content (AvgIpc) is 2.65. The average molecular weight is 278 g/mol. The minimum atomic E-state index is -0.626. The van der Waals surface area contributed by atoms with Gasteiger partial charge in [0.15, 0.2) is 0 Å². The van der Waals surface area contributed by atoms with Gasteiger partial charge in [0.1, 0.15) is 0 Å². The molecular weight excluding hydrogens is 260 g/mol. The number of aromatic nitrogens is 1. The Hall–Kier alpha value is -1.82. The molecule has 0 saturated carbocycles. The Morgan fingerprint density at radius 3 is 2.79 bits per heavy atom. The number of hydrogen-bond donors (Lipinski definition) is 3. The van der Waals surface area contributed by atoms with Crippen LogP contribution in [0.25, 0.3) is 10.2 Å². The van der Waals surface area contributed by atoms with Crippen molar-refractivity contribution in [3.63, 3.8) is 0 Å². The lowest BCUT2D eigenvalue weighted by molar-refractivity contribution is -0.125. The molecule has 5 N–H and O–H groups in total. The van der Waals surface area contributed by atoms with E-state index in [0.29, 0.717) is 12.2 Å². The quantitative estimate of drug-likeness (QED) is 0.747. The van der Waals surface area contributed by atoms with Crippen molar-refractivity contribution in [1.82, 2.24) is 4.98 Å². The number of hydrogen-bond acceptors (Lipinski definition) is 5. The Kier molecular flexibility index (Phi) is 3.36. The number of primary amides is 1. The lowest BCUT2D eigenvalue weighted by atomic mass is 9.92. The van der Waals surface area contributed by atoms with Gasteiger partial charge in [-0.15, -0.1) is 11.3 Å². The van der Waals surface area contributed by atoms with Crippen LogP contribution < -0.4 is 16.8 Å². The molecule has 1 aromatic carbocycles. The number of nitrogens with zero attached hydrogens (tertiary/aromatic N) is 1. The summed E-state index contributed by atoms with van der Waals surface area (Å²) in [6.07, 6.45) is 0. The number of aryl methyl sites for hydroxylation is 1. The minimum Gasteiger partial charge on any atom is -0.397 e. The Balaban J connectivity index is 2.25. The molecule has 19 heavy (non-hydrogen) atoms. The van der Waals surface area contributed by atoms with Crippen LogP contribution in [0.2, 0.25) is 0 Å². The fourth-order valence-electron chi connectivity index (χ4n) is 1.66. The lowest BCUT2D eigenvalue weighted by Gasteiger charge is -2.22. The maximum atomic E-state index is 11.3. The molecule has 0 fully saturated rings. The lowest BCUT2D eigenvalue weighted by Crippen LogP contribution is -2.37. The monoisotopic (exact) mass is 278 g/mol. The summed E-state index contributed by atoms with van der Waals surface area (Å²) in [7, 11) is 0. The van der Waals surface area contributed by atoms with Crippen LogP contribution in [0.5, 0.6) is 0 Å². The molecule has 2 rings (SSSR count). The van der Waals surface area contributed by atoms with Gasteiger partial charge < -0.3 is 16.8 Å². The Morgan fingerprint density at radius 2 is 2.16 bits per heavy atom. The van der Waals surface area contributed by atoms with E-state index in [2.05, 4.69) is 10.3 Å². The molecule has 0 unspecified atom stereocenters. The van der Waals surface area contributed by atoms with Crippen LogP contribution in [-0.4, -0.2) is 17.4 Å². The van der Waals surface area contributed by atoms with Crippen molar-refractivity contribution in [2.24, 2.45) is 11.1 Å². The maximum Gasteiger partial charge on any atom is 0.224 e. The molecule has 102 valence electrons. The van der Waals surface area contributed by atoms with E-state index in [1.807, 2.05) is 19.1 Å². The fourth-order valence-corrected chi connectivity index (χ4v) is 2.52. The van der Waals surface area contributed by atoms with E-state index < -0.39 is 5.41 Å². The first-order valence-electron chi connectivity index (χ1n) is 6.00. The van der Waals surface area contributed by atoms with Crippen molar-refractivity contribution < 1.29 is 4.79 Å². The second-order valence-corrected chi connectivity index (χ2v) is 6.48.